The number of aliphatic carboxylic acids is 1. The van der Waals surface area contributed by atoms with Gasteiger partial charge in [0.1, 0.15) is 0 Å². The first-order valence-electron chi connectivity index (χ1n) is 3.53. The highest BCUT2D eigenvalue weighted by Gasteiger charge is 1.98. The molecule has 0 spiro atoms. The van der Waals surface area contributed by atoms with Gasteiger partial charge in [-0.1, -0.05) is 6.07 Å². The van der Waals surface area contributed by atoms with Gasteiger partial charge in [-0.05, 0) is 25.1 Å². The van der Waals surface area contributed by atoms with Crippen molar-refractivity contribution in [3.8, 4) is 0 Å². The number of aromatic nitrogens is 1. The summed E-state index contributed by atoms with van der Waals surface area (Å²) in [6.45, 7) is 1.54. The third-order valence-corrected chi connectivity index (χ3v) is 1.39. The Labute approximate surface area is 70.4 Å². The van der Waals surface area contributed by atoms with Crippen molar-refractivity contribution in [3.63, 3.8) is 0 Å². The number of rotatable bonds is 2. The van der Waals surface area contributed by atoms with E-state index >= 15 is 0 Å². The predicted octanol–water partition coefficient (Wildman–Crippen LogP) is 1.57. The van der Waals surface area contributed by atoms with Crippen molar-refractivity contribution in [1.29, 1.82) is 0 Å². The standard InChI is InChI=1S/C9H9NO2/c1-7(9(11)12)6-8-4-2-3-5-10-8/h2-6H,1H3,(H,11,12)/b7-6+. The lowest BCUT2D eigenvalue weighted by Gasteiger charge is -1.92. The van der Waals surface area contributed by atoms with Gasteiger partial charge in [0.25, 0.3) is 0 Å². The zero-order valence-electron chi connectivity index (χ0n) is 6.69. The quantitative estimate of drug-likeness (QED) is 0.673. The van der Waals surface area contributed by atoms with Crippen LogP contribution in [-0.4, -0.2) is 16.1 Å². The van der Waals surface area contributed by atoms with Gasteiger partial charge >= 0.3 is 5.97 Å². The summed E-state index contributed by atoms with van der Waals surface area (Å²) < 4.78 is 0. The zero-order valence-corrected chi connectivity index (χ0v) is 6.69. The molecule has 62 valence electrons. The summed E-state index contributed by atoms with van der Waals surface area (Å²) >= 11 is 0. The lowest BCUT2D eigenvalue weighted by molar-refractivity contribution is -0.132. The van der Waals surface area contributed by atoms with Crippen LogP contribution in [0.4, 0.5) is 0 Å². The van der Waals surface area contributed by atoms with Crippen LogP contribution in [0, 0.1) is 0 Å². The van der Waals surface area contributed by atoms with Gasteiger partial charge in [-0.15, -0.1) is 0 Å². The maximum absolute atomic E-state index is 10.4. The summed E-state index contributed by atoms with van der Waals surface area (Å²) in [4.78, 5) is 14.4. The molecular weight excluding hydrogens is 154 g/mol. The van der Waals surface area contributed by atoms with Crippen LogP contribution in [-0.2, 0) is 4.79 Å². The monoisotopic (exact) mass is 163 g/mol. The van der Waals surface area contributed by atoms with Crippen molar-refractivity contribution in [2.45, 2.75) is 6.92 Å². The molecule has 0 saturated carbocycles. The molecule has 1 N–H and O–H groups in total. The first kappa shape index (κ1) is 8.46. The van der Waals surface area contributed by atoms with Gasteiger partial charge in [-0.25, -0.2) is 4.79 Å². The molecule has 0 amide bonds. The summed E-state index contributed by atoms with van der Waals surface area (Å²) in [5.74, 6) is -0.916. The lowest BCUT2D eigenvalue weighted by Crippen LogP contribution is -1.95. The maximum Gasteiger partial charge on any atom is 0.331 e. The molecule has 1 heterocycles. The topological polar surface area (TPSA) is 50.2 Å². The second-order valence-electron chi connectivity index (χ2n) is 2.39. The lowest BCUT2D eigenvalue weighted by atomic mass is 10.2. The summed E-state index contributed by atoms with van der Waals surface area (Å²) in [7, 11) is 0. The molecule has 12 heavy (non-hydrogen) atoms. The number of hydrogen-bond acceptors (Lipinski definition) is 2. The van der Waals surface area contributed by atoms with E-state index in [4.69, 9.17) is 5.11 Å². The molecule has 0 atom stereocenters. The average molecular weight is 163 g/mol. The molecule has 0 saturated heterocycles. The predicted molar refractivity (Wildman–Crippen MR) is 45.5 cm³/mol. The minimum Gasteiger partial charge on any atom is -0.478 e. The fraction of sp³-hybridized carbons (Fsp3) is 0.111. The average Bonchev–Trinajstić information content (AvgIpc) is 2.06. The van der Waals surface area contributed by atoms with E-state index in [0.717, 1.165) is 0 Å². The van der Waals surface area contributed by atoms with E-state index in [2.05, 4.69) is 4.98 Å². The van der Waals surface area contributed by atoms with Crippen molar-refractivity contribution in [2.24, 2.45) is 0 Å². The van der Waals surface area contributed by atoms with Gasteiger partial charge in [0.05, 0.1) is 5.69 Å². The SMILES string of the molecule is C/C(=C\c1ccccn1)C(=O)O. The highest BCUT2D eigenvalue weighted by atomic mass is 16.4. The Kier molecular flexibility index (Phi) is 2.58. The smallest absolute Gasteiger partial charge is 0.331 e. The first-order chi connectivity index (χ1) is 5.70. The molecule has 0 unspecified atom stereocenters. The Hall–Kier alpha value is -1.64. The zero-order chi connectivity index (χ0) is 8.97. The Bertz CT molecular complexity index is 304. The Morgan fingerprint density at radius 3 is 2.83 bits per heavy atom. The number of hydrogen-bond donors (Lipinski definition) is 1. The third-order valence-electron chi connectivity index (χ3n) is 1.39. The van der Waals surface area contributed by atoms with Gasteiger partial charge in [0, 0.05) is 11.8 Å². The Morgan fingerprint density at radius 1 is 1.58 bits per heavy atom. The van der Waals surface area contributed by atoms with E-state index in [1.807, 2.05) is 6.07 Å². The van der Waals surface area contributed by atoms with E-state index in [0.29, 0.717) is 5.69 Å². The van der Waals surface area contributed by atoms with Crippen LogP contribution in [0.3, 0.4) is 0 Å². The van der Waals surface area contributed by atoms with Crippen LogP contribution >= 0.6 is 0 Å². The van der Waals surface area contributed by atoms with E-state index in [1.165, 1.54) is 13.0 Å². The Morgan fingerprint density at radius 2 is 2.33 bits per heavy atom. The summed E-state index contributed by atoms with van der Waals surface area (Å²) in [5, 5.41) is 8.55. The molecule has 0 aliphatic heterocycles. The van der Waals surface area contributed by atoms with Gasteiger partial charge in [0.15, 0.2) is 0 Å². The summed E-state index contributed by atoms with van der Waals surface area (Å²) in [6, 6.07) is 5.36. The summed E-state index contributed by atoms with van der Waals surface area (Å²) in [5.41, 5.74) is 0.950. The maximum atomic E-state index is 10.4. The first-order valence-corrected chi connectivity index (χ1v) is 3.53. The number of carboxylic acids is 1. The van der Waals surface area contributed by atoms with Crippen LogP contribution < -0.4 is 0 Å². The molecule has 1 rings (SSSR count). The largest absolute Gasteiger partial charge is 0.478 e. The fourth-order valence-electron chi connectivity index (χ4n) is 0.745. The second kappa shape index (κ2) is 3.67. The van der Waals surface area contributed by atoms with E-state index in [9.17, 15) is 4.79 Å². The van der Waals surface area contributed by atoms with Gasteiger partial charge in [-0.3, -0.25) is 4.98 Å². The number of nitrogens with zero attached hydrogens (tertiary/aromatic N) is 1. The van der Waals surface area contributed by atoms with Crippen LogP contribution in [0.5, 0.6) is 0 Å². The molecule has 0 radical (unpaired) electrons. The van der Waals surface area contributed by atoms with Gasteiger partial charge < -0.3 is 5.11 Å². The molecule has 1 aromatic rings. The Balaban J connectivity index is 2.89. The normalized spacial score (nSPS) is 11.2. The van der Waals surface area contributed by atoms with Crippen LogP contribution in [0.25, 0.3) is 6.08 Å². The number of pyridine rings is 1. The highest BCUT2D eigenvalue weighted by Crippen LogP contribution is 2.02. The molecule has 0 aromatic carbocycles. The van der Waals surface area contributed by atoms with Crippen molar-refractivity contribution >= 4 is 12.0 Å². The van der Waals surface area contributed by atoms with Crippen molar-refractivity contribution in [3.05, 3.63) is 35.7 Å². The minimum atomic E-state index is -0.916. The third kappa shape index (κ3) is 2.20. The molecule has 0 aliphatic rings. The molecule has 3 heteroatoms. The van der Waals surface area contributed by atoms with E-state index < -0.39 is 5.97 Å². The fourth-order valence-corrected chi connectivity index (χ4v) is 0.745. The van der Waals surface area contributed by atoms with Gasteiger partial charge in [0.2, 0.25) is 0 Å². The van der Waals surface area contributed by atoms with E-state index in [1.54, 1.807) is 18.3 Å². The van der Waals surface area contributed by atoms with Crippen molar-refractivity contribution < 1.29 is 9.90 Å². The molecule has 3 nitrogen and oxygen atoms in total. The molecule has 1 aromatic heterocycles. The molecule has 0 fully saturated rings. The second-order valence-corrected chi connectivity index (χ2v) is 2.39. The van der Waals surface area contributed by atoms with Crippen LogP contribution in [0.2, 0.25) is 0 Å². The van der Waals surface area contributed by atoms with Crippen molar-refractivity contribution in [2.75, 3.05) is 0 Å². The molecule has 0 bridgehead atoms. The summed E-state index contributed by atoms with van der Waals surface area (Å²) in [6.07, 6.45) is 3.16. The van der Waals surface area contributed by atoms with Crippen LogP contribution in [0.1, 0.15) is 12.6 Å². The molecule has 0 aliphatic carbocycles. The van der Waals surface area contributed by atoms with Crippen LogP contribution in [0.15, 0.2) is 30.0 Å². The number of carboxylic acid groups (broad SMARTS) is 1. The van der Waals surface area contributed by atoms with Crippen molar-refractivity contribution in [1.82, 2.24) is 4.98 Å². The minimum absolute atomic E-state index is 0.286. The van der Waals surface area contributed by atoms with E-state index in [-0.39, 0.29) is 5.57 Å². The number of carbonyl (C=O) groups is 1. The highest BCUT2D eigenvalue weighted by molar-refractivity contribution is 5.91. The molecular formula is C9H9NO2. The van der Waals surface area contributed by atoms with Gasteiger partial charge in [-0.2, -0.15) is 0 Å².